The second-order valence-corrected chi connectivity index (χ2v) is 11.0. The van der Waals surface area contributed by atoms with Crippen molar-refractivity contribution in [3.63, 3.8) is 0 Å². The Balaban J connectivity index is 0.00000243. The van der Waals surface area contributed by atoms with Crippen molar-refractivity contribution in [2.75, 3.05) is 31.1 Å². The first-order valence-electron chi connectivity index (χ1n) is 10.2. The van der Waals surface area contributed by atoms with Crippen LogP contribution in [-0.2, 0) is 9.84 Å². The molecular weight excluding hydrogens is 461 g/mol. The van der Waals surface area contributed by atoms with Crippen molar-refractivity contribution in [2.24, 2.45) is 16.3 Å². The fourth-order valence-corrected chi connectivity index (χ4v) is 6.24. The number of likely N-dealkylation sites (tertiary alicyclic amines) is 1. The molecule has 0 radical (unpaired) electrons. The van der Waals surface area contributed by atoms with E-state index < -0.39 is 9.84 Å². The summed E-state index contributed by atoms with van der Waals surface area (Å²) >= 11 is 0. The van der Waals surface area contributed by atoms with Crippen LogP contribution in [0.15, 0.2) is 4.99 Å². The van der Waals surface area contributed by atoms with E-state index in [1.807, 2.05) is 0 Å². The van der Waals surface area contributed by atoms with Crippen LogP contribution >= 0.6 is 24.0 Å². The highest BCUT2D eigenvalue weighted by Crippen LogP contribution is 2.33. The standard InChI is InChI=1S/C19H35N3O2S.HI/c1-3-19(2)10-11-22(15-19)18(21-17-7-5-4-6-8-17)20-13-16-9-12-25(23,24)14-16;/h16-17H,3-15H2,1-2H3,(H,20,21);1H. The molecule has 3 fully saturated rings. The zero-order valence-corrected chi connectivity index (χ0v) is 19.5. The molecule has 2 aliphatic heterocycles. The number of nitrogens with one attached hydrogen (secondary N) is 1. The molecular formula is C19H36IN3O2S. The van der Waals surface area contributed by atoms with Gasteiger partial charge in [-0.15, -0.1) is 24.0 Å². The zero-order valence-electron chi connectivity index (χ0n) is 16.4. The molecule has 0 aromatic heterocycles. The molecule has 0 aromatic carbocycles. The maximum Gasteiger partial charge on any atom is 0.194 e. The molecule has 3 rings (SSSR count). The van der Waals surface area contributed by atoms with E-state index in [0.717, 1.165) is 25.5 Å². The first-order valence-corrected chi connectivity index (χ1v) is 12.0. The Kier molecular flexibility index (Phi) is 8.07. The average molecular weight is 497 g/mol. The van der Waals surface area contributed by atoms with E-state index >= 15 is 0 Å². The van der Waals surface area contributed by atoms with Crippen molar-refractivity contribution >= 4 is 39.8 Å². The largest absolute Gasteiger partial charge is 0.354 e. The Morgan fingerprint density at radius 2 is 1.96 bits per heavy atom. The molecule has 0 aromatic rings. The molecule has 2 saturated heterocycles. The van der Waals surface area contributed by atoms with Crippen molar-refractivity contribution < 1.29 is 8.42 Å². The number of sulfone groups is 1. The molecule has 1 saturated carbocycles. The number of guanidine groups is 1. The number of rotatable bonds is 4. The third-order valence-electron chi connectivity index (χ3n) is 6.48. The fourth-order valence-electron chi connectivity index (χ4n) is 4.39. The minimum absolute atomic E-state index is 0. The molecule has 3 aliphatic rings. The van der Waals surface area contributed by atoms with E-state index in [1.54, 1.807) is 0 Å². The van der Waals surface area contributed by atoms with Crippen LogP contribution in [0.25, 0.3) is 0 Å². The van der Waals surface area contributed by atoms with E-state index in [-0.39, 0.29) is 29.9 Å². The van der Waals surface area contributed by atoms with Gasteiger partial charge in [0.1, 0.15) is 0 Å². The topological polar surface area (TPSA) is 61.8 Å². The van der Waals surface area contributed by atoms with Crippen LogP contribution in [0.1, 0.15) is 65.2 Å². The molecule has 0 bridgehead atoms. The lowest BCUT2D eigenvalue weighted by molar-refractivity contribution is 0.317. The Morgan fingerprint density at radius 3 is 2.54 bits per heavy atom. The lowest BCUT2D eigenvalue weighted by Crippen LogP contribution is -2.46. The summed E-state index contributed by atoms with van der Waals surface area (Å²) in [5.74, 6) is 1.90. The quantitative estimate of drug-likeness (QED) is 0.367. The molecule has 0 amide bonds. The Hall–Kier alpha value is -0.0500. The van der Waals surface area contributed by atoms with Crippen molar-refractivity contribution in [1.82, 2.24) is 10.2 Å². The molecule has 152 valence electrons. The predicted octanol–water partition coefficient (Wildman–Crippen LogP) is 3.44. The minimum atomic E-state index is -2.82. The van der Waals surface area contributed by atoms with Crippen LogP contribution in [-0.4, -0.2) is 56.5 Å². The number of halogens is 1. The first kappa shape index (κ1) is 22.2. The Labute approximate surface area is 176 Å². The van der Waals surface area contributed by atoms with Gasteiger partial charge in [-0.2, -0.15) is 0 Å². The maximum absolute atomic E-state index is 11.7. The van der Waals surface area contributed by atoms with Gasteiger partial charge < -0.3 is 10.2 Å². The smallest absolute Gasteiger partial charge is 0.194 e. The summed E-state index contributed by atoms with van der Waals surface area (Å²) in [5, 5.41) is 3.73. The van der Waals surface area contributed by atoms with Crippen LogP contribution < -0.4 is 5.32 Å². The summed E-state index contributed by atoms with van der Waals surface area (Å²) in [4.78, 5) is 7.33. The summed E-state index contributed by atoms with van der Waals surface area (Å²) < 4.78 is 23.4. The third-order valence-corrected chi connectivity index (χ3v) is 8.31. The molecule has 26 heavy (non-hydrogen) atoms. The van der Waals surface area contributed by atoms with Gasteiger partial charge in [0, 0.05) is 25.7 Å². The molecule has 1 N–H and O–H groups in total. The Bertz CT molecular complexity index is 590. The normalized spacial score (nSPS) is 32.5. The molecule has 2 heterocycles. The van der Waals surface area contributed by atoms with Gasteiger partial charge in [0.15, 0.2) is 15.8 Å². The SMILES string of the molecule is CCC1(C)CCN(C(=NCC2CCS(=O)(=O)C2)NC2CCCCC2)C1.I. The van der Waals surface area contributed by atoms with E-state index in [0.29, 0.717) is 29.5 Å². The van der Waals surface area contributed by atoms with Crippen molar-refractivity contribution in [1.29, 1.82) is 0 Å². The van der Waals surface area contributed by atoms with Crippen LogP contribution in [0, 0.1) is 11.3 Å². The van der Waals surface area contributed by atoms with Crippen molar-refractivity contribution in [2.45, 2.75) is 71.3 Å². The van der Waals surface area contributed by atoms with Gasteiger partial charge in [-0.1, -0.05) is 33.1 Å². The predicted molar refractivity (Wildman–Crippen MR) is 119 cm³/mol. The molecule has 2 atom stereocenters. The molecule has 5 nitrogen and oxygen atoms in total. The molecule has 1 aliphatic carbocycles. The lowest BCUT2D eigenvalue weighted by Gasteiger charge is -2.30. The van der Waals surface area contributed by atoms with Gasteiger partial charge in [-0.25, -0.2) is 8.42 Å². The van der Waals surface area contributed by atoms with Gasteiger partial charge in [-0.3, -0.25) is 4.99 Å². The van der Waals surface area contributed by atoms with Crippen LogP contribution in [0.2, 0.25) is 0 Å². The molecule has 0 spiro atoms. The van der Waals surface area contributed by atoms with Gasteiger partial charge in [0.25, 0.3) is 0 Å². The third kappa shape index (κ3) is 5.97. The highest BCUT2D eigenvalue weighted by molar-refractivity contribution is 14.0. The van der Waals surface area contributed by atoms with Crippen molar-refractivity contribution in [3.8, 4) is 0 Å². The second-order valence-electron chi connectivity index (χ2n) is 8.75. The maximum atomic E-state index is 11.7. The van der Waals surface area contributed by atoms with E-state index in [1.165, 1.54) is 44.9 Å². The monoisotopic (exact) mass is 497 g/mol. The van der Waals surface area contributed by atoms with Crippen molar-refractivity contribution in [3.05, 3.63) is 0 Å². The highest BCUT2D eigenvalue weighted by Gasteiger charge is 2.35. The van der Waals surface area contributed by atoms with Gasteiger partial charge in [0.05, 0.1) is 11.5 Å². The number of aliphatic imine (C=N–C) groups is 1. The second kappa shape index (κ2) is 9.43. The molecule has 2 unspecified atom stereocenters. The minimum Gasteiger partial charge on any atom is -0.354 e. The summed E-state index contributed by atoms with van der Waals surface area (Å²) in [6.45, 7) is 7.41. The summed E-state index contributed by atoms with van der Waals surface area (Å²) in [7, 11) is -2.82. The first-order chi connectivity index (χ1) is 11.9. The number of hydrogen-bond acceptors (Lipinski definition) is 3. The van der Waals surface area contributed by atoms with Crippen LogP contribution in [0.3, 0.4) is 0 Å². The van der Waals surface area contributed by atoms with Gasteiger partial charge >= 0.3 is 0 Å². The molecule has 7 heteroatoms. The summed E-state index contributed by atoms with van der Waals surface area (Å²) in [5.41, 5.74) is 0.381. The Morgan fingerprint density at radius 1 is 1.23 bits per heavy atom. The van der Waals surface area contributed by atoms with Crippen LogP contribution in [0.4, 0.5) is 0 Å². The highest BCUT2D eigenvalue weighted by atomic mass is 127. The average Bonchev–Trinajstić information content (AvgIpc) is 3.15. The summed E-state index contributed by atoms with van der Waals surface area (Å²) in [6, 6.07) is 0.535. The lowest BCUT2D eigenvalue weighted by atomic mass is 9.87. The van der Waals surface area contributed by atoms with Gasteiger partial charge in [0.2, 0.25) is 0 Å². The van der Waals surface area contributed by atoms with Gasteiger partial charge in [-0.05, 0) is 43.4 Å². The van der Waals surface area contributed by atoms with E-state index in [2.05, 4.69) is 24.1 Å². The number of hydrogen-bond donors (Lipinski definition) is 1. The fraction of sp³-hybridized carbons (Fsp3) is 0.947. The van der Waals surface area contributed by atoms with Crippen LogP contribution in [0.5, 0.6) is 0 Å². The zero-order chi connectivity index (χ0) is 17.9. The van der Waals surface area contributed by atoms with E-state index in [4.69, 9.17) is 4.99 Å². The number of nitrogens with zero attached hydrogens (tertiary/aromatic N) is 2. The summed E-state index contributed by atoms with van der Waals surface area (Å²) in [6.07, 6.45) is 9.60. The van der Waals surface area contributed by atoms with E-state index in [9.17, 15) is 8.42 Å².